The van der Waals surface area contributed by atoms with E-state index < -0.39 is 0 Å². The third kappa shape index (κ3) is 5.02. The van der Waals surface area contributed by atoms with E-state index in [0.717, 1.165) is 44.5 Å². The van der Waals surface area contributed by atoms with Gasteiger partial charge < -0.3 is 4.74 Å². The molecule has 0 radical (unpaired) electrons. The molecule has 116 valence electrons. The Kier molecular flexibility index (Phi) is 6.02. The highest BCUT2D eigenvalue weighted by Gasteiger charge is 2.18. The Morgan fingerprint density at radius 2 is 2.00 bits per heavy atom. The predicted molar refractivity (Wildman–Crippen MR) is 84.1 cm³/mol. The quantitative estimate of drug-likeness (QED) is 0.646. The molecule has 3 N–H and O–H groups in total. The molecule has 1 aliphatic heterocycles. The van der Waals surface area contributed by atoms with Gasteiger partial charge >= 0.3 is 6.09 Å². The second kappa shape index (κ2) is 8.00. The molecule has 1 aromatic rings. The minimum atomic E-state index is -0.382. The van der Waals surface area contributed by atoms with E-state index in [-0.39, 0.29) is 6.09 Å². The highest BCUT2D eigenvalue weighted by Crippen LogP contribution is 2.27. The lowest BCUT2D eigenvalue weighted by Gasteiger charge is -2.28. The smallest absolute Gasteiger partial charge is 0.411 e. The van der Waals surface area contributed by atoms with E-state index in [1.807, 2.05) is 17.1 Å². The number of hydrazine groups is 1. The Balaban J connectivity index is 1.83. The van der Waals surface area contributed by atoms with Gasteiger partial charge in [0.25, 0.3) is 0 Å². The van der Waals surface area contributed by atoms with Gasteiger partial charge in [0.2, 0.25) is 0 Å². The number of nitrogens with two attached hydrogens (primary N) is 1. The molecule has 1 fully saturated rings. The Labute approximate surface area is 126 Å². The van der Waals surface area contributed by atoms with Gasteiger partial charge in [-0.3, -0.25) is 11.2 Å². The Morgan fingerprint density at radius 3 is 2.62 bits per heavy atom. The van der Waals surface area contributed by atoms with Crippen molar-refractivity contribution in [2.75, 3.05) is 25.0 Å². The first-order chi connectivity index (χ1) is 10.2. The van der Waals surface area contributed by atoms with Crippen LogP contribution in [-0.2, 0) is 4.74 Å². The van der Waals surface area contributed by atoms with Gasteiger partial charge in [0.1, 0.15) is 0 Å². The van der Waals surface area contributed by atoms with Crippen LogP contribution >= 0.6 is 0 Å². The van der Waals surface area contributed by atoms with Gasteiger partial charge in [0, 0.05) is 18.8 Å². The van der Waals surface area contributed by atoms with Gasteiger partial charge in [0.15, 0.2) is 0 Å². The lowest BCUT2D eigenvalue weighted by atomic mass is 9.90. The number of piperidine rings is 1. The molecule has 1 aliphatic rings. The van der Waals surface area contributed by atoms with E-state index in [2.05, 4.69) is 24.4 Å². The van der Waals surface area contributed by atoms with Crippen LogP contribution in [0.2, 0.25) is 0 Å². The molecular formula is C16H25N3O2. The highest BCUT2D eigenvalue weighted by molar-refractivity contribution is 5.84. The number of amides is 1. The summed E-state index contributed by atoms with van der Waals surface area (Å²) in [5, 5.41) is 4.62. The van der Waals surface area contributed by atoms with Crippen molar-refractivity contribution in [3.8, 4) is 0 Å². The van der Waals surface area contributed by atoms with Crippen molar-refractivity contribution >= 4 is 11.8 Å². The summed E-state index contributed by atoms with van der Waals surface area (Å²) < 4.78 is 5.08. The zero-order valence-electron chi connectivity index (χ0n) is 12.7. The summed E-state index contributed by atoms with van der Waals surface area (Å²) in [6.45, 7) is 4.41. The second-order valence-electron chi connectivity index (χ2n) is 5.55. The molecule has 0 aliphatic carbocycles. The molecule has 2 rings (SSSR count). The third-order valence-corrected chi connectivity index (χ3v) is 3.89. The number of ether oxygens (including phenoxy) is 1. The van der Waals surface area contributed by atoms with Crippen LogP contribution in [0.15, 0.2) is 24.3 Å². The van der Waals surface area contributed by atoms with Crippen molar-refractivity contribution in [2.24, 2.45) is 5.84 Å². The van der Waals surface area contributed by atoms with Crippen molar-refractivity contribution in [3.63, 3.8) is 0 Å². The fourth-order valence-electron chi connectivity index (χ4n) is 2.53. The first kappa shape index (κ1) is 15.8. The lowest BCUT2D eigenvalue weighted by Crippen LogP contribution is -2.38. The number of carbonyl (C=O) groups is 1. The minimum absolute atomic E-state index is 0.382. The molecule has 0 unspecified atom stereocenters. The van der Waals surface area contributed by atoms with Crippen molar-refractivity contribution < 1.29 is 9.53 Å². The van der Waals surface area contributed by atoms with Crippen molar-refractivity contribution in [1.82, 2.24) is 5.01 Å². The molecule has 5 nitrogen and oxygen atoms in total. The van der Waals surface area contributed by atoms with Crippen molar-refractivity contribution in [3.05, 3.63) is 29.8 Å². The monoisotopic (exact) mass is 291 g/mol. The normalized spacial score (nSPS) is 16.7. The largest absolute Gasteiger partial charge is 0.449 e. The number of nitrogens with zero attached hydrogens (tertiary/aromatic N) is 1. The maximum atomic E-state index is 11.6. The Bertz CT molecular complexity index is 439. The van der Waals surface area contributed by atoms with Crippen molar-refractivity contribution in [1.29, 1.82) is 0 Å². The number of benzene rings is 1. The number of carbonyl (C=O) groups excluding carboxylic acids is 1. The lowest BCUT2D eigenvalue weighted by molar-refractivity contribution is 0.160. The molecule has 0 aromatic heterocycles. The number of nitrogens with one attached hydrogen (secondary N) is 1. The predicted octanol–water partition coefficient (Wildman–Crippen LogP) is 3.09. The fraction of sp³-hybridized carbons (Fsp3) is 0.562. The average molecular weight is 291 g/mol. The average Bonchev–Trinajstić information content (AvgIpc) is 2.49. The summed E-state index contributed by atoms with van der Waals surface area (Å²) in [7, 11) is 0. The summed E-state index contributed by atoms with van der Waals surface area (Å²) >= 11 is 0. The molecular weight excluding hydrogens is 266 g/mol. The summed E-state index contributed by atoms with van der Waals surface area (Å²) in [5.74, 6) is 6.34. The number of anilines is 1. The topological polar surface area (TPSA) is 67.6 Å². The summed E-state index contributed by atoms with van der Waals surface area (Å²) in [6.07, 6.45) is 3.70. The van der Waals surface area contributed by atoms with E-state index in [9.17, 15) is 4.79 Å². The van der Waals surface area contributed by atoms with Gasteiger partial charge in [-0.05, 0) is 42.9 Å². The number of rotatable bonds is 5. The maximum Gasteiger partial charge on any atom is 0.411 e. The molecule has 0 spiro atoms. The van der Waals surface area contributed by atoms with Crippen molar-refractivity contribution in [2.45, 2.75) is 38.5 Å². The molecule has 0 saturated carbocycles. The molecule has 0 bridgehead atoms. The maximum absolute atomic E-state index is 11.6. The minimum Gasteiger partial charge on any atom is -0.449 e. The van der Waals surface area contributed by atoms with Crippen LogP contribution in [0.25, 0.3) is 0 Å². The van der Waals surface area contributed by atoms with E-state index in [1.165, 1.54) is 5.56 Å². The summed E-state index contributed by atoms with van der Waals surface area (Å²) in [6, 6.07) is 8.04. The first-order valence-electron chi connectivity index (χ1n) is 7.72. The molecule has 1 amide bonds. The van der Waals surface area contributed by atoms with Gasteiger partial charge in [0.05, 0.1) is 6.61 Å². The fourth-order valence-corrected chi connectivity index (χ4v) is 2.53. The molecule has 21 heavy (non-hydrogen) atoms. The highest BCUT2D eigenvalue weighted by atomic mass is 16.5. The van der Waals surface area contributed by atoms with Crippen LogP contribution in [0.4, 0.5) is 10.5 Å². The molecule has 1 heterocycles. The summed E-state index contributed by atoms with van der Waals surface area (Å²) in [4.78, 5) is 11.6. The van der Waals surface area contributed by atoms with E-state index in [0.29, 0.717) is 12.5 Å². The van der Waals surface area contributed by atoms with Gasteiger partial charge in [-0.15, -0.1) is 0 Å². The van der Waals surface area contributed by atoms with Gasteiger partial charge in [-0.25, -0.2) is 9.80 Å². The second-order valence-corrected chi connectivity index (χ2v) is 5.55. The van der Waals surface area contributed by atoms with Gasteiger partial charge in [-0.2, -0.15) is 0 Å². The number of unbranched alkanes of at least 4 members (excludes halogenated alkanes) is 1. The molecule has 1 aromatic carbocycles. The third-order valence-electron chi connectivity index (χ3n) is 3.89. The van der Waals surface area contributed by atoms with E-state index >= 15 is 0 Å². The summed E-state index contributed by atoms with van der Waals surface area (Å²) in [5.41, 5.74) is 2.09. The zero-order chi connectivity index (χ0) is 15.1. The van der Waals surface area contributed by atoms with Crippen LogP contribution < -0.4 is 11.2 Å². The van der Waals surface area contributed by atoms with Crippen LogP contribution in [-0.4, -0.2) is 30.8 Å². The number of hydrogen-bond donors (Lipinski definition) is 2. The van der Waals surface area contributed by atoms with Gasteiger partial charge in [-0.1, -0.05) is 25.5 Å². The van der Waals surface area contributed by atoms with E-state index in [1.54, 1.807) is 0 Å². The van der Waals surface area contributed by atoms with E-state index in [4.69, 9.17) is 10.6 Å². The first-order valence-corrected chi connectivity index (χ1v) is 7.72. The van der Waals surface area contributed by atoms with Crippen LogP contribution in [0.5, 0.6) is 0 Å². The van der Waals surface area contributed by atoms with Crippen LogP contribution in [0, 0.1) is 0 Å². The molecule has 5 heteroatoms. The molecule has 0 atom stereocenters. The standard InChI is InChI=1S/C16H25N3O2/c1-2-3-12-21-16(20)18-15-6-4-13(5-7-15)14-8-10-19(17)11-9-14/h4-7,14H,2-3,8-12,17H2,1H3,(H,18,20). The zero-order valence-corrected chi connectivity index (χ0v) is 12.7. The van der Waals surface area contributed by atoms with Crippen LogP contribution in [0.1, 0.15) is 44.1 Å². The molecule has 1 saturated heterocycles. The Morgan fingerprint density at radius 1 is 1.33 bits per heavy atom. The Hall–Kier alpha value is -1.59. The number of hydrogen-bond acceptors (Lipinski definition) is 4. The SMILES string of the molecule is CCCCOC(=O)Nc1ccc(C2CCN(N)CC2)cc1. The van der Waals surface area contributed by atoms with Crippen LogP contribution in [0.3, 0.4) is 0 Å².